The molecule has 0 aliphatic heterocycles. The summed E-state index contributed by atoms with van der Waals surface area (Å²) in [6.07, 6.45) is 1.79. The van der Waals surface area contributed by atoms with Crippen LogP contribution in [0.2, 0.25) is 0 Å². The first kappa shape index (κ1) is 15.9. The van der Waals surface area contributed by atoms with Gasteiger partial charge in [0, 0.05) is 18.7 Å². The molecule has 0 saturated carbocycles. The molecule has 2 N–H and O–H groups in total. The van der Waals surface area contributed by atoms with Crippen molar-refractivity contribution in [3.8, 4) is 5.75 Å². The summed E-state index contributed by atoms with van der Waals surface area (Å²) in [6, 6.07) is 4.89. The Labute approximate surface area is 115 Å². The van der Waals surface area contributed by atoms with Crippen molar-refractivity contribution < 1.29 is 13.2 Å². The summed E-state index contributed by atoms with van der Waals surface area (Å²) in [5, 5.41) is 2.99. The van der Waals surface area contributed by atoms with Crippen LogP contribution < -0.4 is 14.8 Å². The van der Waals surface area contributed by atoms with E-state index in [0.29, 0.717) is 18.8 Å². The van der Waals surface area contributed by atoms with E-state index >= 15 is 0 Å². The minimum Gasteiger partial charge on any atom is -0.496 e. The predicted molar refractivity (Wildman–Crippen MR) is 75.9 cm³/mol. The van der Waals surface area contributed by atoms with Crippen LogP contribution in [0.1, 0.15) is 25.3 Å². The van der Waals surface area contributed by atoms with Crippen molar-refractivity contribution >= 4 is 10.0 Å². The second-order valence-corrected chi connectivity index (χ2v) is 6.02. The summed E-state index contributed by atoms with van der Waals surface area (Å²) in [5.41, 5.74) is 0.823. The van der Waals surface area contributed by atoms with Crippen LogP contribution in [0.25, 0.3) is 0 Å². The van der Waals surface area contributed by atoms with Crippen molar-refractivity contribution in [2.75, 3.05) is 20.7 Å². The van der Waals surface area contributed by atoms with Gasteiger partial charge in [-0.3, -0.25) is 0 Å². The van der Waals surface area contributed by atoms with Crippen LogP contribution in [-0.2, 0) is 16.6 Å². The van der Waals surface area contributed by atoms with Crippen molar-refractivity contribution in [1.29, 1.82) is 0 Å². The predicted octanol–water partition coefficient (Wildman–Crippen LogP) is 1.49. The molecule has 1 aromatic rings. The molecule has 6 heteroatoms. The Bertz CT molecular complexity index is 501. The molecule has 1 aromatic carbocycles. The summed E-state index contributed by atoms with van der Waals surface area (Å²) < 4.78 is 32.0. The number of methoxy groups -OCH3 is 1. The zero-order valence-corrected chi connectivity index (χ0v) is 12.5. The molecule has 0 bridgehead atoms. The zero-order chi connectivity index (χ0) is 14.3. The summed E-state index contributed by atoms with van der Waals surface area (Å²) in [5.74, 6) is 0.682. The maximum absolute atomic E-state index is 12.1. The molecule has 0 fully saturated rings. The smallest absolute Gasteiger partial charge is 0.240 e. The van der Waals surface area contributed by atoms with Crippen molar-refractivity contribution in [2.24, 2.45) is 0 Å². The summed E-state index contributed by atoms with van der Waals surface area (Å²) in [7, 11) is -0.0544. The molecule has 0 radical (unpaired) electrons. The van der Waals surface area contributed by atoms with Gasteiger partial charge < -0.3 is 10.1 Å². The Balaban J connectivity index is 2.97. The molecule has 0 amide bonds. The molecule has 0 spiro atoms. The minimum absolute atomic E-state index is 0.273. The van der Waals surface area contributed by atoms with E-state index in [0.717, 1.165) is 18.4 Å². The fraction of sp³-hybridized carbons (Fsp3) is 0.538. The van der Waals surface area contributed by atoms with Gasteiger partial charge in [-0.05, 0) is 31.7 Å². The fourth-order valence-electron chi connectivity index (χ4n) is 1.72. The van der Waals surface area contributed by atoms with Crippen LogP contribution in [0.3, 0.4) is 0 Å². The quantitative estimate of drug-likeness (QED) is 0.711. The first-order valence-electron chi connectivity index (χ1n) is 6.36. The van der Waals surface area contributed by atoms with Gasteiger partial charge in [-0.1, -0.05) is 13.3 Å². The van der Waals surface area contributed by atoms with Crippen LogP contribution in [-0.4, -0.2) is 29.1 Å². The Morgan fingerprint density at radius 1 is 1.32 bits per heavy atom. The minimum atomic E-state index is -3.43. The Kier molecular flexibility index (Phi) is 6.27. The normalized spacial score (nSPS) is 11.5. The van der Waals surface area contributed by atoms with Crippen LogP contribution in [0.4, 0.5) is 0 Å². The molecular weight excluding hydrogens is 264 g/mol. The SMILES string of the molecule is CCCCNS(=O)(=O)c1ccc(OC)c(CNC)c1. The lowest BCUT2D eigenvalue weighted by atomic mass is 10.2. The molecule has 5 nitrogen and oxygen atoms in total. The van der Waals surface area contributed by atoms with Crippen LogP contribution in [0, 0.1) is 0 Å². The van der Waals surface area contributed by atoms with E-state index in [9.17, 15) is 8.42 Å². The lowest BCUT2D eigenvalue weighted by molar-refractivity contribution is 0.408. The number of benzene rings is 1. The van der Waals surface area contributed by atoms with Crippen molar-refractivity contribution in [3.63, 3.8) is 0 Å². The molecule has 0 saturated heterocycles. The molecule has 0 aliphatic rings. The van der Waals surface area contributed by atoms with Crippen LogP contribution in [0.15, 0.2) is 23.1 Å². The van der Waals surface area contributed by atoms with Gasteiger partial charge >= 0.3 is 0 Å². The average Bonchev–Trinajstić information content (AvgIpc) is 2.39. The van der Waals surface area contributed by atoms with Crippen molar-refractivity contribution in [1.82, 2.24) is 10.0 Å². The average molecular weight is 286 g/mol. The number of sulfonamides is 1. The zero-order valence-electron chi connectivity index (χ0n) is 11.7. The van der Waals surface area contributed by atoms with Gasteiger partial charge in [-0.2, -0.15) is 0 Å². The number of unbranched alkanes of at least 4 members (excludes halogenated alkanes) is 1. The van der Waals surface area contributed by atoms with E-state index in [-0.39, 0.29) is 4.90 Å². The largest absolute Gasteiger partial charge is 0.496 e. The van der Waals surface area contributed by atoms with E-state index in [1.165, 1.54) is 0 Å². The van der Waals surface area contributed by atoms with Crippen LogP contribution >= 0.6 is 0 Å². The van der Waals surface area contributed by atoms with E-state index < -0.39 is 10.0 Å². The van der Waals surface area contributed by atoms with Crippen LogP contribution in [0.5, 0.6) is 5.75 Å². The van der Waals surface area contributed by atoms with Gasteiger partial charge in [0.15, 0.2) is 0 Å². The summed E-state index contributed by atoms with van der Waals surface area (Å²) in [6.45, 7) is 3.04. The number of hydrogen-bond donors (Lipinski definition) is 2. The highest BCUT2D eigenvalue weighted by Crippen LogP contribution is 2.22. The number of hydrogen-bond acceptors (Lipinski definition) is 4. The summed E-state index contributed by atoms with van der Waals surface area (Å²) >= 11 is 0. The highest BCUT2D eigenvalue weighted by atomic mass is 32.2. The Hall–Kier alpha value is -1.11. The van der Waals surface area contributed by atoms with E-state index in [1.807, 2.05) is 6.92 Å². The lowest BCUT2D eigenvalue weighted by Gasteiger charge is -2.11. The molecule has 0 unspecified atom stereocenters. The van der Waals surface area contributed by atoms with E-state index in [2.05, 4.69) is 10.0 Å². The molecule has 0 aliphatic carbocycles. The fourth-order valence-corrected chi connectivity index (χ4v) is 2.84. The maximum Gasteiger partial charge on any atom is 0.240 e. The van der Waals surface area contributed by atoms with Gasteiger partial charge in [0.05, 0.1) is 12.0 Å². The third kappa shape index (κ3) is 4.49. The van der Waals surface area contributed by atoms with E-state index in [1.54, 1.807) is 32.4 Å². The monoisotopic (exact) mass is 286 g/mol. The summed E-state index contributed by atoms with van der Waals surface area (Å²) in [4.78, 5) is 0.273. The molecule has 0 heterocycles. The lowest BCUT2D eigenvalue weighted by Crippen LogP contribution is -2.25. The number of nitrogens with one attached hydrogen (secondary N) is 2. The van der Waals surface area contributed by atoms with Crippen molar-refractivity contribution in [2.45, 2.75) is 31.2 Å². The third-order valence-electron chi connectivity index (χ3n) is 2.75. The second kappa shape index (κ2) is 7.47. The van der Waals surface area contributed by atoms with E-state index in [4.69, 9.17) is 4.74 Å². The van der Waals surface area contributed by atoms with Gasteiger partial charge in [0.25, 0.3) is 0 Å². The highest BCUT2D eigenvalue weighted by molar-refractivity contribution is 7.89. The Morgan fingerprint density at radius 2 is 2.05 bits per heavy atom. The molecule has 0 aromatic heterocycles. The highest BCUT2D eigenvalue weighted by Gasteiger charge is 2.15. The van der Waals surface area contributed by atoms with Crippen molar-refractivity contribution in [3.05, 3.63) is 23.8 Å². The molecular formula is C13H22N2O3S. The number of ether oxygens (including phenoxy) is 1. The topological polar surface area (TPSA) is 67.4 Å². The molecule has 0 atom stereocenters. The number of rotatable bonds is 8. The maximum atomic E-state index is 12.1. The Morgan fingerprint density at radius 3 is 2.63 bits per heavy atom. The standard InChI is InChI=1S/C13H22N2O3S/c1-4-5-8-15-19(16,17)12-6-7-13(18-3)11(9-12)10-14-2/h6-7,9,14-15H,4-5,8,10H2,1-3H3. The van der Waals surface area contributed by atoms with Gasteiger partial charge in [0.2, 0.25) is 10.0 Å². The third-order valence-corrected chi connectivity index (χ3v) is 4.21. The molecule has 1 rings (SSSR count). The first-order chi connectivity index (χ1) is 9.05. The first-order valence-corrected chi connectivity index (χ1v) is 7.84. The van der Waals surface area contributed by atoms with Gasteiger partial charge in [0.1, 0.15) is 5.75 Å². The molecule has 19 heavy (non-hydrogen) atoms. The van der Waals surface area contributed by atoms with Gasteiger partial charge in [-0.25, -0.2) is 13.1 Å². The van der Waals surface area contributed by atoms with Gasteiger partial charge in [-0.15, -0.1) is 0 Å². The molecule has 108 valence electrons. The second-order valence-electron chi connectivity index (χ2n) is 4.26.